The van der Waals surface area contributed by atoms with Gasteiger partial charge >= 0.3 is 0 Å². The van der Waals surface area contributed by atoms with Gasteiger partial charge in [-0.05, 0) is 18.9 Å². The van der Waals surface area contributed by atoms with E-state index < -0.39 is 0 Å². The van der Waals surface area contributed by atoms with Crippen LogP contribution in [0.2, 0.25) is 0 Å². The van der Waals surface area contributed by atoms with Crippen molar-refractivity contribution >= 4 is 11.7 Å². The Labute approximate surface area is 134 Å². The monoisotopic (exact) mass is 314 g/mol. The molecule has 1 aliphatic carbocycles. The fraction of sp³-hybridized carbons (Fsp3) is 0.412. The van der Waals surface area contributed by atoms with E-state index in [0.717, 1.165) is 31.7 Å². The largest absolute Gasteiger partial charge is 0.383 e. The molecule has 0 atom stereocenters. The fourth-order valence-corrected chi connectivity index (χ4v) is 3.05. The number of nitrogens with zero attached hydrogens (tertiary/aromatic N) is 4. The Morgan fingerprint density at radius 1 is 1.35 bits per heavy atom. The molecule has 120 valence electrons. The molecule has 0 saturated heterocycles. The molecule has 0 radical (unpaired) electrons. The zero-order valence-corrected chi connectivity index (χ0v) is 13.2. The van der Waals surface area contributed by atoms with Gasteiger partial charge in [0.2, 0.25) is 0 Å². The summed E-state index contributed by atoms with van der Waals surface area (Å²) in [4.78, 5) is 6.57. The second-order valence-corrected chi connectivity index (χ2v) is 6.34. The van der Waals surface area contributed by atoms with Gasteiger partial charge in [0.05, 0.1) is 18.7 Å². The first-order valence-corrected chi connectivity index (χ1v) is 8.04. The molecule has 1 aromatic carbocycles. The number of aromatic nitrogens is 2. The zero-order valence-electron chi connectivity index (χ0n) is 13.2. The van der Waals surface area contributed by atoms with Gasteiger partial charge in [-0.3, -0.25) is 4.99 Å². The third-order valence-corrected chi connectivity index (χ3v) is 4.57. The molecule has 1 aliphatic heterocycles. The van der Waals surface area contributed by atoms with Gasteiger partial charge in [0.25, 0.3) is 0 Å². The molecule has 0 unspecified atom stereocenters. The van der Waals surface area contributed by atoms with E-state index in [-0.39, 0.29) is 5.82 Å². The highest BCUT2D eigenvalue weighted by molar-refractivity contribution is 5.97. The van der Waals surface area contributed by atoms with Gasteiger partial charge in [-0.15, -0.1) is 9.36 Å². The van der Waals surface area contributed by atoms with E-state index >= 15 is 0 Å². The van der Waals surface area contributed by atoms with E-state index in [1.807, 2.05) is 25.4 Å². The maximum absolute atomic E-state index is 14.4. The number of benzene rings is 1. The van der Waals surface area contributed by atoms with Crippen molar-refractivity contribution in [1.82, 2.24) is 4.68 Å². The van der Waals surface area contributed by atoms with Gasteiger partial charge < -0.3 is 10.6 Å². The summed E-state index contributed by atoms with van der Waals surface area (Å²) < 4.78 is 18.7. The lowest BCUT2D eigenvalue weighted by atomic mass is 10.1. The van der Waals surface area contributed by atoms with Crippen LogP contribution in [0.1, 0.15) is 24.0 Å². The van der Waals surface area contributed by atoms with E-state index in [4.69, 9.17) is 5.73 Å². The van der Waals surface area contributed by atoms with Crippen molar-refractivity contribution in [2.75, 3.05) is 11.4 Å². The summed E-state index contributed by atoms with van der Waals surface area (Å²) in [6, 6.07) is 7.61. The van der Waals surface area contributed by atoms with Crippen molar-refractivity contribution in [2.24, 2.45) is 17.8 Å². The molecule has 0 spiro atoms. The van der Waals surface area contributed by atoms with Gasteiger partial charge in [-0.25, -0.2) is 4.39 Å². The van der Waals surface area contributed by atoms with Gasteiger partial charge in [-0.1, -0.05) is 12.1 Å². The minimum Gasteiger partial charge on any atom is -0.383 e. The van der Waals surface area contributed by atoms with Crippen molar-refractivity contribution in [3.8, 4) is 0 Å². The maximum atomic E-state index is 14.4. The highest BCUT2D eigenvalue weighted by atomic mass is 19.1. The summed E-state index contributed by atoms with van der Waals surface area (Å²) >= 11 is 0. The number of rotatable bonds is 4. The van der Waals surface area contributed by atoms with Crippen LogP contribution in [-0.4, -0.2) is 23.1 Å². The fourth-order valence-electron chi connectivity index (χ4n) is 3.05. The molecule has 2 aromatic rings. The summed E-state index contributed by atoms with van der Waals surface area (Å²) in [5.41, 5.74) is 7.31. The Hall–Kier alpha value is -2.37. The Morgan fingerprint density at radius 2 is 2.17 bits per heavy atom. The average molecular weight is 314 g/mol. The summed E-state index contributed by atoms with van der Waals surface area (Å²) in [7, 11) is 2.02. The van der Waals surface area contributed by atoms with Crippen molar-refractivity contribution < 1.29 is 9.07 Å². The number of anilines is 1. The molecule has 2 heterocycles. The minimum absolute atomic E-state index is 0.217. The van der Waals surface area contributed by atoms with Crippen LogP contribution in [-0.2, 0) is 20.1 Å². The van der Waals surface area contributed by atoms with Crippen LogP contribution >= 0.6 is 0 Å². The summed E-state index contributed by atoms with van der Waals surface area (Å²) in [5, 5.41) is 0. The van der Waals surface area contributed by atoms with E-state index in [1.165, 1.54) is 6.07 Å². The molecule has 23 heavy (non-hydrogen) atoms. The number of aryl methyl sites for hydroxylation is 1. The number of hydrogen-bond donors (Lipinski definition) is 1. The number of aliphatic imine (C=N–C) groups is 1. The molecule has 1 fully saturated rings. The number of fused-ring (bicyclic) bond motifs is 1. The van der Waals surface area contributed by atoms with E-state index in [0.29, 0.717) is 29.5 Å². The molecule has 1 aromatic heterocycles. The molecular weight excluding hydrogens is 293 g/mol. The van der Waals surface area contributed by atoms with Crippen LogP contribution in [0.4, 0.5) is 10.2 Å². The van der Waals surface area contributed by atoms with Crippen molar-refractivity contribution in [3.63, 3.8) is 0 Å². The standard InChI is InChI=1S/C17H21FN5/c1-21-7-6-16-22(8-9-23(16)21)11-13-3-2-12(10-15(13)18)17(19)20-14-4-5-14/h2-3,6-7,10,14H,4-5,8-9,11H2,1H3,(H2,19,20)/q+1. The molecule has 6 heteroatoms. The Morgan fingerprint density at radius 3 is 2.91 bits per heavy atom. The number of hydrogen-bond acceptors (Lipinski definition) is 2. The highest BCUT2D eigenvalue weighted by Crippen LogP contribution is 2.25. The molecule has 4 rings (SSSR count). The number of amidine groups is 1. The molecule has 1 saturated carbocycles. The SMILES string of the molecule is C[n+]1ccc2n1CCN2Cc1ccc(C(N)=NC2CC2)cc1F. The predicted octanol–water partition coefficient (Wildman–Crippen LogP) is 1.34. The predicted molar refractivity (Wildman–Crippen MR) is 86.8 cm³/mol. The van der Waals surface area contributed by atoms with Crippen molar-refractivity contribution in [3.05, 3.63) is 47.4 Å². The second-order valence-electron chi connectivity index (χ2n) is 6.34. The third-order valence-electron chi connectivity index (χ3n) is 4.57. The summed E-state index contributed by atoms with van der Waals surface area (Å²) in [5.74, 6) is 1.36. The summed E-state index contributed by atoms with van der Waals surface area (Å²) in [6.07, 6.45) is 4.20. The van der Waals surface area contributed by atoms with Gasteiger partial charge in [0.15, 0.2) is 19.1 Å². The first-order valence-electron chi connectivity index (χ1n) is 8.04. The quantitative estimate of drug-likeness (QED) is 0.526. The first-order chi connectivity index (χ1) is 11.1. The van der Waals surface area contributed by atoms with Crippen LogP contribution in [0.25, 0.3) is 0 Å². The van der Waals surface area contributed by atoms with E-state index in [1.54, 1.807) is 0 Å². The highest BCUT2D eigenvalue weighted by Gasteiger charge is 2.26. The molecule has 2 aliphatic rings. The smallest absolute Gasteiger partial charge is 0.197 e. The Kier molecular flexibility index (Phi) is 3.32. The Bertz CT molecular complexity index is 775. The maximum Gasteiger partial charge on any atom is 0.197 e. The number of halogens is 1. The molecule has 2 N–H and O–H groups in total. The second kappa shape index (κ2) is 5.37. The van der Waals surface area contributed by atoms with Gasteiger partial charge in [0.1, 0.15) is 11.7 Å². The van der Waals surface area contributed by atoms with Gasteiger partial charge in [0, 0.05) is 24.2 Å². The van der Waals surface area contributed by atoms with E-state index in [9.17, 15) is 4.39 Å². The Balaban J connectivity index is 1.54. The van der Waals surface area contributed by atoms with Crippen molar-refractivity contribution in [2.45, 2.75) is 32.0 Å². The third kappa shape index (κ3) is 2.69. The minimum atomic E-state index is -0.217. The first kappa shape index (κ1) is 14.2. The van der Waals surface area contributed by atoms with Crippen LogP contribution < -0.4 is 15.3 Å². The topological polar surface area (TPSA) is 50.4 Å². The van der Waals surface area contributed by atoms with Crippen LogP contribution in [0.5, 0.6) is 0 Å². The van der Waals surface area contributed by atoms with E-state index in [2.05, 4.69) is 25.3 Å². The normalized spacial score (nSPS) is 17.7. The van der Waals surface area contributed by atoms with Crippen LogP contribution in [0.3, 0.4) is 0 Å². The molecule has 0 amide bonds. The van der Waals surface area contributed by atoms with Crippen molar-refractivity contribution in [1.29, 1.82) is 0 Å². The number of nitrogens with two attached hydrogens (primary N) is 1. The average Bonchev–Trinajstić information content (AvgIpc) is 3.13. The zero-order chi connectivity index (χ0) is 16.0. The lowest BCUT2D eigenvalue weighted by Gasteiger charge is -2.16. The molecular formula is C17H21FN5+. The molecule has 5 nitrogen and oxygen atoms in total. The van der Waals surface area contributed by atoms with Gasteiger partial charge in [-0.2, -0.15) is 0 Å². The molecule has 0 bridgehead atoms. The lowest BCUT2D eigenvalue weighted by molar-refractivity contribution is -0.751. The van der Waals surface area contributed by atoms with Crippen LogP contribution in [0.15, 0.2) is 35.5 Å². The lowest BCUT2D eigenvalue weighted by Crippen LogP contribution is -2.37. The van der Waals surface area contributed by atoms with Crippen LogP contribution in [0, 0.1) is 5.82 Å². The summed E-state index contributed by atoms with van der Waals surface area (Å²) in [6.45, 7) is 2.39.